The quantitative estimate of drug-likeness (QED) is 0.580. The lowest BCUT2D eigenvalue weighted by Gasteiger charge is -2.34. The molecule has 0 spiro atoms. The van der Waals surface area contributed by atoms with Gasteiger partial charge in [-0.2, -0.15) is 4.90 Å². The van der Waals surface area contributed by atoms with Crippen LogP contribution in [0.1, 0.15) is 55.7 Å². The van der Waals surface area contributed by atoms with Gasteiger partial charge in [-0.15, -0.1) is 0 Å². The SMILES string of the molecule is [2H]C1(N2C(=O)c3cccc(N)c3C2=O)CCC(=O)N(C(=O)OC(C)(C)C)C1=O. The zero-order chi connectivity index (χ0) is 21.0. The molecule has 27 heavy (non-hydrogen) atoms. The number of benzene rings is 1. The minimum absolute atomic E-state index is 0.0327. The number of nitrogens with zero attached hydrogens (tertiary/aromatic N) is 2. The van der Waals surface area contributed by atoms with Crippen molar-refractivity contribution in [2.24, 2.45) is 0 Å². The van der Waals surface area contributed by atoms with Crippen LogP contribution in [0.2, 0.25) is 0 Å². The third-order valence-corrected chi connectivity index (χ3v) is 4.07. The molecule has 1 fully saturated rings. The van der Waals surface area contributed by atoms with Gasteiger partial charge in [-0.25, -0.2) is 4.79 Å². The average Bonchev–Trinajstić information content (AvgIpc) is 2.83. The molecule has 2 N–H and O–H groups in total. The lowest BCUT2D eigenvalue weighted by atomic mass is 10.0. The van der Waals surface area contributed by atoms with Crippen LogP contribution in [0.15, 0.2) is 18.2 Å². The Labute approximate surface area is 156 Å². The molecular formula is C18H19N3O6. The van der Waals surface area contributed by atoms with Crippen molar-refractivity contribution in [3.05, 3.63) is 29.3 Å². The first-order valence-corrected chi connectivity index (χ1v) is 8.26. The number of carbonyl (C=O) groups is 5. The Morgan fingerprint density at radius 2 is 1.89 bits per heavy atom. The summed E-state index contributed by atoms with van der Waals surface area (Å²) < 4.78 is 13.6. The number of anilines is 1. The first kappa shape index (κ1) is 17.2. The number of hydrogen-bond acceptors (Lipinski definition) is 7. The summed E-state index contributed by atoms with van der Waals surface area (Å²) in [6, 6.07) is 1.78. The maximum atomic E-state index is 12.9. The lowest BCUT2D eigenvalue weighted by Crippen LogP contribution is -2.58. The van der Waals surface area contributed by atoms with Crippen molar-refractivity contribution in [3.8, 4) is 0 Å². The van der Waals surface area contributed by atoms with Crippen LogP contribution in [0.4, 0.5) is 10.5 Å². The lowest BCUT2D eigenvalue weighted by molar-refractivity contribution is -0.149. The van der Waals surface area contributed by atoms with E-state index in [2.05, 4.69) is 0 Å². The Bertz CT molecular complexity index is 938. The number of nitrogens with two attached hydrogens (primary N) is 1. The standard InChI is InChI=1S/C18H19N3O6/c1-18(2,3)27-17(26)21-12(22)8-7-11(15(21)24)20-14(23)9-5-4-6-10(19)13(9)16(20)25/h4-6,11H,7-8,19H2,1-3H3/i11D. The Morgan fingerprint density at radius 3 is 2.48 bits per heavy atom. The van der Waals surface area contributed by atoms with Gasteiger partial charge in [0, 0.05) is 12.1 Å². The van der Waals surface area contributed by atoms with Gasteiger partial charge in [0.15, 0.2) is 0 Å². The molecule has 1 aromatic carbocycles. The second kappa shape index (κ2) is 6.19. The fourth-order valence-corrected chi connectivity index (χ4v) is 2.94. The van der Waals surface area contributed by atoms with Crippen LogP contribution >= 0.6 is 0 Å². The second-order valence-electron chi connectivity index (χ2n) is 7.18. The van der Waals surface area contributed by atoms with Crippen LogP contribution < -0.4 is 5.73 Å². The number of piperidine rings is 1. The molecule has 1 atom stereocenters. The minimum atomic E-state index is -2.47. The Morgan fingerprint density at radius 1 is 1.22 bits per heavy atom. The molecule has 0 aromatic heterocycles. The fraction of sp³-hybridized carbons (Fsp3) is 0.389. The highest BCUT2D eigenvalue weighted by Crippen LogP contribution is 2.32. The monoisotopic (exact) mass is 374 g/mol. The third-order valence-electron chi connectivity index (χ3n) is 4.07. The predicted molar refractivity (Wildman–Crippen MR) is 92.5 cm³/mol. The summed E-state index contributed by atoms with van der Waals surface area (Å²) in [5, 5.41) is 0. The number of nitrogen functional groups attached to an aromatic ring is 1. The molecule has 0 bridgehead atoms. The number of hydrogen-bond donors (Lipinski definition) is 1. The van der Waals surface area contributed by atoms with Crippen LogP contribution in [0, 0.1) is 0 Å². The van der Waals surface area contributed by atoms with Gasteiger partial charge in [-0.05, 0) is 39.3 Å². The van der Waals surface area contributed by atoms with Gasteiger partial charge >= 0.3 is 6.09 Å². The van der Waals surface area contributed by atoms with Gasteiger partial charge in [-0.1, -0.05) is 6.07 Å². The minimum Gasteiger partial charge on any atom is -0.443 e. The fourth-order valence-electron chi connectivity index (χ4n) is 2.94. The Kier molecular flexibility index (Phi) is 3.94. The van der Waals surface area contributed by atoms with E-state index in [1.807, 2.05) is 0 Å². The number of rotatable bonds is 1. The van der Waals surface area contributed by atoms with Crippen LogP contribution in [0.5, 0.6) is 0 Å². The maximum absolute atomic E-state index is 12.9. The summed E-state index contributed by atoms with van der Waals surface area (Å²) in [6.07, 6.45) is -2.08. The predicted octanol–water partition coefficient (Wildman–Crippen LogP) is 1.32. The van der Waals surface area contributed by atoms with Gasteiger partial charge in [0.05, 0.1) is 12.5 Å². The molecule has 2 aliphatic rings. The van der Waals surface area contributed by atoms with Crippen molar-refractivity contribution < 1.29 is 30.1 Å². The molecule has 0 aliphatic carbocycles. The molecule has 142 valence electrons. The highest BCUT2D eigenvalue weighted by atomic mass is 16.6. The van der Waals surface area contributed by atoms with Crippen LogP contribution in [0.25, 0.3) is 0 Å². The summed E-state index contributed by atoms with van der Waals surface area (Å²) in [5.74, 6) is -3.97. The van der Waals surface area contributed by atoms with E-state index in [0.717, 1.165) is 0 Å². The molecule has 3 rings (SSSR count). The topological polar surface area (TPSA) is 127 Å². The van der Waals surface area contributed by atoms with E-state index >= 15 is 0 Å². The second-order valence-corrected chi connectivity index (χ2v) is 7.18. The zero-order valence-electron chi connectivity index (χ0n) is 16.1. The molecule has 0 saturated carbocycles. The summed E-state index contributed by atoms with van der Waals surface area (Å²) >= 11 is 0. The van der Waals surface area contributed by atoms with Gasteiger partial charge in [0.25, 0.3) is 17.7 Å². The van der Waals surface area contributed by atoms with Crippen LogP contribution in [-0.4, -0.2) is 51.1 Å². The van der Waals surface area contributed by atoms with Gasteiger partial charge in [0.1, 0.15) is 11.6 Å². The summed E-state index contributed by atoms with van der Waals surface area (Å²) in [4.78, 5) is 63.7. The van der Waals surface area contributed by atoms with Crippen LogP contribution in [0.3, 0.4) is 0 Å². The maximum Gasteiger partial charge on any atom is 0.424 e. The van der Waals surface area contributed by atoms with Crippen molar-refractivity contribution in [2.75, 3.05) is 5.73 Å². The third kappa shape index (κ3) is 3.05. The largest absolute Gasteiger partial charge is 0.443 e. The normalized spacial score (nSPS) is 23.4. The number of carbonyl (C=O) groups excluding carboxylic acids is 5. The van der Waals surface area contributed by atoms with Crippen molar-refractivity contribution >= 4 is 35.4 Å². The Balaban J connectivity index is 2.00. The van der Waals surface area contributed by atoms with E-state index < -0.39 is 54.2 Å². The zero-order valence-corrected chi connectivity index (χ0v) is 15.1. The number of imide groups is 4. The van der Waals surface area contributed by atoms with E-state index in [4.69, 9.17) is 11.8 Å². The Hall–Kier alpha value is -3.23. The summed E-state index contributed by atoms with van der Waals surface area (Å²) in [6.45, 7) is 4.64. The molecule has 1 aromatic rings. The molecule has 9 nitrogen and oxygen atoms in total. The molecular weight excluding hydrogens is 354 g/mol. The van der Waals surface area contributed by atoms with E-state index in [1.54, 1.807) is 20.8 Å². The van der Waals surface area contributed by atoms with Crippen LogP contribution in [-0.2, 0) is 14.3 Å². The smallest absolute Gasteiger partial charge is 0.424 e. The molecule has 0 radical (unpaired) electrons. The highest BCUT2D eigenvalue weighted by Gasteiger charge is 2.49. The molecule has 5 amide bonds. The van der Waals surface area contributed by atoms with E-state index in [9.17, 15) is 24.0 Å². The van der Waals surface area contributed by atoms with E-state index in [1.165, 1.54) is 18.2 Å². The molecule has 9 heteroatoms. The van der Waals surface area contributed by atoms with Crippen molar-refractivity contribution in [1.82, 2.24) is 9.80 Å². The summed E-state index contributed by atoms with van der Waals surface area (Å²) in [7, 11) is 0. The number of likely N-dealkylation sites (tertiary alicyclic amines) is 1. The number of ether oxygens (including phenoxy) is 1. The van der Waals surface area contributed by atoms with Gasteiger partial charge < -0.3 is 10.5 Å². The number of fused-ring (bicyclic) bond motifs is 1. The highest BCUT2D eigenvalue weighted by molar-refractivity contribution is 6.26. The number of amides is 5. The summed E-state index contributed by atoms with van der Waals surface area (Å²) in [5.41, 5.74) is 4.67. The van der Waals surface area contributed by atoms with Crippen molar-refractivity contribution in [1.29, 1.82) is 0 Å². The van der Waals surface area contributed by atoms with E-state index in [0.29, 0.717) is 4.90 Å². The van der Waals surface area contributed by atoms with Gasteiger partial charge in [-0.3, -0.25) is 24.1 Å². The average molecular weight is 374 g/mol. The molecule has 2 heterocycles. The first-order valence-electron chi connectivity index (χ1n) is 8.76. The van der Waals surface area contributed by atoms with E-state index in [-0.39, 0.29) is 21.7 Å². The van der Waals surface area contributed by atoms with Gasteiger partial charge in [0.2, 0.25) is 5.91 Å². The van der Waals surface area contributed by atoms with Crippen molar-refractivity contribution in [2.45, 2.75) is 45.2 Å². The molecule has 1 unspecified atom stereocenters. The molecule has 1 saturated heterocycles. The van der Waals surface area contributed by atoms with Crippen molar-refractivity contribution in [3.63, 3.8) is 0 Å². The first-order chi connectivity index (χ1) is 12.9. The molecule has 2 aliphatic heterocycles.